The van der Waals surface area contributed by atoms with Crippen LogP contribution in [-0.2, 0) is 4.79 Å². The maximum absolute atomic E-state index is 11.8. The third-order valence-corrected chi connectivity index (χ3v) is 3.13. The van der Waals surface area contributed by atoms with Gasteiger partial charge in [-0.15, -0.1) is 0 Å². The Morgan fingerprint density at radius 1 is 1.35 bits per heavy atom. The Morgan fingerprint density at radius 3 is 2.65 bits per heavy atom. The second-order valence-electron chi connectivity index (χ2n) is 4.31. The highest BCUT2D eigenvalue weighted by atomic mass is 35.5. The lowest BCUT2D eigenvalue weighted by Gasteiger charge is -2.17. The molecule has 1 rings (SSSR count). The number of urea groups is 1. The van der Waals surface area contributed by atoms with Gasteiger partial charge in [-0.1, -0.05) is 36.5 Å². The number of carbonyl (C=O) groups excluding carboxylic acids is 1. The number of carboxylic acid groups (broad SMARTS) is 1. The molecule has 110 valence electrons. The number of amides is 2. The van der Waals surface area contributed by atoms with Gasteiger partial charge in [0.1, 0.15) is 0 Å². The Bertz CT molecular complexity index is 495. The molecule has 7 heteroatoms. The first kappa shape index (κ1) is 16.6. The van der Waals surface area contributed by atoms with Crippen molar-refractivity contribution in [2.45, 2.75) is 32.2 Å². The zero-order chi connectivity index (χ0) is 15.1. The van der Waals surface area contributed by atoms with Crippen molar-refractivity contribution >= 4 is 40.9 Å². The summed E-state index contributed by atoms with van der Waals surface area (Å²) in [6, 6.07) is 3.77. The second-order valence-corrected chi connectivity index (χ2v) is 5.15. The molecule has 0 aliphatic carbocycles. The van der Waals surface area contributed by atoms with Gasteiger partial charge in [0.25, 0.3) is 0 Å². The van der Waals surface area contributed by atoms with Crippen molar-refractivity contribution < 1.29 is 14.7 Å². The van der Waals surface area contributed by atoms with Crippen LogP contribution in [0.1, 0.15) is 26.2 Å². The van der Waals surface area contributed by atoms with Crippen LogP contribution in [0.5, 0.6) is 0 Å². The molecule has 20 heavy (non-hydrogen) atoms. The summed E-state index contributed by atoms with van der Waals surface area (Å²) in [7, 11) is 0. The van der Waals surface area contributed by atoms with Crippen LogP contribution in [0.3, 0.4) is 0 Å². The summed E-state index contributed by atoms with van der Waals surface area (Å²) in [5, 5.41) is 14.8. The summed E-state index contributed by atoms with van der Waals surface area (Å²) >= 11 is 11.7. The standard InChI is InChI=1S/C13H16Cl2N2O3/c1-2-3-9(7-12(18)19)16-13(20)17-11-6-8(14)4-5-10(11)15/h4-6,9H,2-3,7H2,1H3,(H,18,19)(H2,16,17,20). The molecule has 0 aliphatic rings. The van der Waals surface area contributed by atoms with Gasteiger partial charge in [0, 0.05) is 11.1 Å². The Balaban J connectivity index is 2.65. The molecule has 5 nitrogen and oxygen atoms in total. The number of aliphatic carboxylic acids is 1. The van der Waals surface area contributed by atoms with Crippen molar-refractivity contribution in [3.05, 3.63) is 28.2 Å². The lowest BCUT2D eigenvalue weighted by atomic mass is 10.1. The van der Waals surface area contributed by atoms with Crippen LogP contribution in [0.25, 0.3) is 0 Å². The molecule has 0 aliphatic heterocycles. The molecule has 0 bridgehead atoms. The third kappa shape index (κ3) is 5.67. The minimum atomic E-state index is -0.954. The van der Waals surface area contributed by atoms with E-state index in [0.29, 0.717) is 22.2 Å². The average Bonchev–Trinajstić information content (AvgIpc) is 2.33. The van der Waals surface area contributed by atoms with Crippen molar-refractivity contribution in [3.8, 4) is 0 Å². The number of hydrogen-bond acceptors (Lipinski definition) is 2. The molecule has 2 amide bonds. The number of carbonyl (C=O) groups is 2. The Hall–Kier alpha value is -1.46. The monoisotopic (exact) mass is 318 g/mol. The van der Waals surface area contributed by atoms with E-state index < -0.39 is 18.0 Å². The molecular formula is C13H16Cl2N2O3. The van der Waals surface area contributed by atoms with Gasteiger partial charge in [-0.25, -0.2) is 4.79 Å². The van der Waals surface area contributed by atoms with Gasteiger partial charge in [-0.05, 0) is 24.6 Å². The minimum absolute atomic E-state index is 0.120. The summed E-state index contributed by atoms with van der Waals surface area (Å²) in [6.07, 6.45) is 1.24. The van der Waals surface area contributed by atoms with Gasteiger partial charge in [0.05, 0.1) is 17.1 Å². The fourth-order valence-electron chi connectivity index (χ4n) is 1.72. The molecule has 1 unspecified atom stereocenters. The van der Waals surface area contributed by atoms with E-state index >= 15 is 0 Å². The predicted molar refractivity (Wildman–Crippen MR) is 79.6 cm³/mol. The van der Waals surface area contributed by atoms with E-state index in [0.717, 1.165) is 6.42 Å². The third-order valence-electron chi connectivity index (χ3n) is 2.57. The van der Waals surface area contributed by atoms with Crippen LogP contribution < -0.4 is 10.6 Å². The molecule has 3 N–H and O–H groups in total. The van der Waals surface area contributed by atoms with E-state index in [1.165, 1.54) is 6.07 Å². The molecule has 0 saturated carbocycles. The highest BCUT2D eigenvalue weighted by molar-refractivity contribution is 6.35. The van der Waals surface area contributed by atoms with Gasteiger partial charge < -0.3 is 15.7 Å². The van der Waals surface area contributed by atoms with Gasteiger partial charge in [0.15, 0.2) is 0 Å². The molecule has 1 aromatic carbocycles. The summed E-state index contributed by atoms with van der Waals surface area (Å²) < 4.78 is 0. The first-order valence-electron chi connectivity index (χ1n) is 6.16. The fourth-order valence-corrected chi connectivity index (χ4v) is 2.06. The first-order chi connectivity index (χ1) is 9.42. The summed E-state index contributed by atoms with van der Waals surface area (Å²) in [5.74, 6) is -0.954. The van der Waals surface area contributed by atoms with Crippen LogP contribution >= 0.6 is 23.2 Å². The summed E-state index contributed by atoms with van der Waals surface area (Å²) in [6.45, 7) is 1.92. The SMILES string of the molecule is CCCC(CC(=O)O)NC(=O)Nc1cc(Cl)ccc1Cl. The van der Waals surface area contributed by atoms with Gasteiger partial charge in [-0.3, -0.25) is 4.79 Å². The molecule has 0 heterocycles. The Kier molecular flexibility index (Phi) is 6.61. The zero-order valence-corrected chi connectivity index (χ0v) is 12.5. The lowest BCUT2D eigenvalue weighted by Crippen LogP contribution is -2.39. The zero-order valence-electron chi connectivity index (χ0n) is 11.0. The smallest absolute Gasteiger partial charge is 0.319 e. The van der Waals surface area contributed by atoms with Crippen molar-refractivity contribution in [3.63, 3.8) is 0 Å². The van der Waals surface area contributed by atoms with Gasteiger partial charge >= 0.3 is 12.0 Å². The van der Waals surface area contributed by atoms with E-state index in [4.69, 9.17) is 28.3 Å². The second kappa shape index (κ2) is 7.97. The molecule has 0 aromatic heterocycles. The summed E-state index contributed by atoms with van der Waals surface area (Å²) in [5.41, 5.74) is 0.377. The van der Waals surface area contributed by atoms with E-state index in [9.17, 15) is 9.59 Å². The number of benzene rings is 1. The van der Waals surface area contributed by atoms with Crippen LogP contribution in [0.4, 0.5) is 10.5 Å². The van der Waals surface area contributed by atoms with Crippen molar-refractivity contribution in [1.29, 1.82) is 0 Å². The maximum atomic E-state index is 11.8. The number of rotatable bonds is 6. The Labute approximate surface area is 127 Å². The number of hydrogen-bond donors (Lipinski definition) is 3. The van der Waals surface area contributed by atoms with Gasteiger partial charge in [0.2, 0.25) is 0 Å². The van der Waals surface area contributed by atoms with Crippen LogP contribution in [0, 0.1) is 0 Å². The summed E-state index contributed by atoms with van der Waals surface area (Å²) in [4.78, 5) is 22.5. The predicted octanol–water partition coefficient (Wildman–Crippen LogP) is 3.76. The van der Waals surface area contributed by atoms with Gasteiger partial charge in [-0.2, -0.15) is 0 Å². The average molecular weight is 319 g/mol. The minimum Gasteiger partial charge on any atom is -0.481 e. The largest absolute Gasteiger partial charge is 0.481 e. The van der Waals surface area contributed by atoms with Crippen molar-refractivity contribution in [2.24, 2.45) is 0 Å². The normalized spacial score (nSPS) is 11.8. The fraction of sp³-hybridized carbons (Fsp3) is 0.385. The van der Waals surface area contributed by atoms with Crippen molar-refractivity contribution in [2.75, 3.05) is 5.32 Å². The molecule has 0 saturated heterocycles. The van der Waals surface area contributed by atoms with Crippen LogP contribution in [0.15, 0.2) is 18.2 Å². The highest BCUT2D eigenvalue weighted by Gasteiger charge is 2.15. The van der Waals surface area contributed by atoms with E-state index in [-0.39, 0.29) is 6.42 Å². The van der Waals surface area contributed by atoms with E-state index in [1.54, 1.807) is 12.1 Å². The lowest BCUT2D eigenvalue weighted by molar-refractivity contribution is -0.137. The highest BCUT2D eigenvalue weighted by Crippen LogP contribution is 2.25. The van der Waals surface area contributed by atoms with Crippen molar-refractivity contribution in [1.82, 2.24) is 5.32 Å². The molecular weight excluding hydrogens is 303 g/mol. The van der Waals surface area contributed by atoms with E-state index in [2.05, 4.69) is 10.6 Å². The molecule has 0 fully saturated rings. The maximum Gasteiger partial charge on any atom is 0.319 e. The molecule has 1 aromatic rings. The van der Waals surface area contributed by atoms with E-state index in [1.807, 2.05) is 6.92 Å². The number of anilines is 1. The molecule has 0 spiro atoms. The number of carboxylic acids is 1. The molecule has 1 atom stereocenters. The quantitative estimate of drug-likeness (QED) is 0.747. The van der Waals surface area contributed by atoms with Crippen LogP contribution in [-0.4, -0.2) is 23.1 Å². The number of nitrogens with one attached hydrogen (secondary N) is 2. The van der Waals surface area contributed by atoms with Crippen LogP contribution in [0.2, 0.25) is 10.0 Å². The number of halogens is 2. The Morgan fingerprint density at radius 2 is 2.05 bits per heavy atom. The molecule has 0 radical (unpaired) electrons. The topological polar surface area (TPSA) is 78.4 Å². The first-order valence-corrected chi connectivity index (χ1v) is 6.92.